The van der Waals surface area contributed by atoms with E-state index in [1.165, 1.54) is 0 Å². The number of nitrogens with one attached hydrogen (secondary N) is 1. The normalized spacial score (nSPS) is 12.4. The minimum absolute atomic E-state index is 0.0184. The van der Waals surface area contributed by atoms with Crippen molar-refractivity contribution in [1.29, 1.82) is 0 Å². The standard InChI is InChI=1S/C15H15N5/c1-17-14(11-3-2-6-20-15(11)16)10-4-5-12-13(9-10)19-8-7-18-12/h2-9,14,17H,1H3,(H2,16,20). The van der Waals surface area contributed by atoms with Gasteiger partial charge in [-0.25, -0.2) is 4.98 Å². The highest BCUT2D eigenvalue weighted by Crippen LogP contribution is 2.26. The smallest absolute Gasteiger partial charge is 0.128 e. The zero-order valence-corrected chi connectivity index (χ0v) is 11.1. The van der Waals surface area contributed by atoms with Gasteiger partial charge in [-0.15, -0.1) is 0 Å². The van der Waals surface area contributed by atoms with Crippen LogP contribution in [-0.2, 0) is 0 Å². The van der Waals surface area contributed by atoms with Gasteiger partial charge < -0.3 is 11.1 Å². The van der Waals surface area contributed by atoms with E-state index in [9.17, 15) is 0 Å². The molecule has 1 aromatic carbocycles. The fourth-order valence-electron chi connectivity index (χ4n) is 2.34. The van der Waals surface area contributed by atoms with Gasteiger partial charge >= 0.3 is 0 Å². The Balaban J connectivity index is 2.10. The summed E-state index contributed by atoms with van der Waals surface area (Å²) in [5, 5.41) is 3.27. The van der Waals surface area contributed by atoms with Gasteiger partial charge in [0.25, 0.3) is 0 Å². The number of aromatic nitrogens is 3. The summed E-state index contributed by atoms with van der Waals surface area (Å²) in [5.74, 6) is 0.533. The first kappa shape index (κ1) is 12.5. The van der Waals surface area contributed by atoms with Gasteiger partial charge in [-0.1, -0.05) is 12.1 Å². The average Bonchev–Trinajstić information content (AvgIpc) is 2.50. The highest BCUT2D eigenvalue weighted by atomic mass is 14.9. The van der Waals surface area contributed by atoms with Gasteiger partial charge in [0.15, 0.2) is 0 Å². The number of rotatable bonds is 3. The molecule has 1 atom stereocenters. The lowest BCUT2D eigenvalue weighted by Gasteiger charge is -2.18. The van der Waals surface area contributed by atoms with Crippen molar-refractivity contribution in [3.05, 3.63) is 60.0 Å². The topological polar surface area (TPSA) is 76.7 Å². The van der Waals surface area contributed by atoms with E-state index in [1.54, 1.807) is 18.6 Å². The van der Waals surface area contributed by atoms with Crippen LogP contribution in [0.2, 0.25) is 0 Å². The Morgan fingerprint density at radius 1 is 1.00 bits per heavy atom. The molecular formula is C15H15N5. The first-order valence-electron chi connectivity index (χ1n) is 6.38. The molecule has 0 fully saturated rings. The van der Waals surface area contributed by atoms with E-state index >= 15 is 0 Å². The number of nitrogens with zero attached hydrogens (tertiary/aromatic N) is 3. The number of pyridine rings is 1. The van der Waals surface area contributed by atoms with Crippen LogP contribution in [0.5, 0.6) is 0 Å². The van der Waals surface area contributed by atoms with Crippen LogP contribution in [0.1, 0.15) is 17.2 Å². The Labute approximate surface area is 116 Å². The lowest BCUT2D eigenvalue weighted by Crippen LogP contribution is -2.19. The summed E-state index contributed by atoms with van der Waals surface area (Å²) in [4.78, 5) is 12.8. The molecule has 0 saturated heterocycles. The maximum atomic E-state index is 5.97. The third-order valence-electron chi connectivity index (χ3n) is 3.30. The average molecular weight is 265 g/mol. The molecule has 5 nitrogen and oxygen atoms in total. The van der Waals surface area contributed by atoms with Crippen LogP contribution in [-0.4, -0.2) is 22.0 Å². The summed E-state index contributed by atoms with van der Waals surface area (Å²) in [5.41, 5.74) is 9.76. The maximum absolute atomic E-state index is 5.97. The van der Waals surface area contributed by atoms with E-state index in [0.717, 1.165) is 22.2 Å². The lowest BCUT2D eigenvalue weighted by molar-refractivity contribution is 0.692. The number of nitrogens with two attached hydrogens (primary N) is 1. The Morgan fingerprint density at radius 3 is 2.55 bits per heavy atom. The first-order chi connectivity index (χ1) is 9.79. The number of benzene rings is 1. The van der Waals surface area contributed by atoms with Crippen LogP contribution in [0.3, 0.4) is 0 Å². The third kappa shape index (κ3) is 2.19. The molecule has 0 amide bonds. The maximum Gasteiger partial charge on any atom is 0.128 e. The molecule has 2 heterocycles. The molecule has 3 N–H and O–H groups in total. The molecule has 0 aliphatic carbocycles. The lowest BCUT2D eigenvalue weighted by atomic mass is 9.99. The van der Waals surface area contributed by atoms with Crippen LogP contribution < -0.4 is 11.1 Å². The van der Waals surface area contributed by atoms with Crippen LogP contribution in [0.4, 0.5) is 5.82 Å². The van der Waals surface area contributed by atoms with Gasteiger partial charge in [0.1, 0.15) is 5.82 Å². The Kier molecular flexibility index (Phi) is 3.26. The largest absolute Gasteiger partial charge is 0.383 e. The van der Waals surface area contributed by atoms with Crippen LogP contribution in [0.15, 0.2) is 48.9 Å². The monoisotopic (exact) mass is 265 g/mol. The highest BCUT2D eigenvalue weighted by molar-refractivity contribution is 5.74. The summed E-state index contributed by atoms with van der Waals surface area (Å²) in [7, 11) is 1.90. The van der Waals surface area contributed by atoms with Crippen LogP contribution in [0.25, 0.3) is 11.0 Å². The minimum atomic E-state index is -0.0184. The second kappa shape index (κ2) is 5.22. The molecule has 20 heavy (non-hydrogen) atoms. The zero-order chi connectivity index (χ0) is 13.9. The van der Waals surface area contributed by atoms with E-state index in [-0.39, 0.29) is 6.04 Å². The predicted molar refractivity (Wildman–Crippen MR) is 79.1 cm³/mol. The molecule has 100 valence electrons. The Morgan fingerprint density at radius 2 is 1.80 bits per heavy atom. The third-order valence-corrected chi connectivity index (χ3v) is 3.30. The molecule has 3 rings (SSSR count). The Bertz CT molecular complexity index is 741. The molecule has 0 bridgehead atoms. The molecule has 2 aromatic heterocycles. The minimum Gasteiger partial charge on any atom is -0.383 e. The van der Waals surface area contributed by atoms with E-state index in [2.05, 4.69) is 20.3 Å². The van der Waals surface area contributed by atoms with E-state index < -0.39 is 0 Å². The van der Waals surface area contributed by atoms with Gasteiger partial charge in [-0.3, -0.25) is 9.97 Å². The molecule has 0 aliphatic rings. The second-order valence-corrected chi connectivity index (χ2v) is 4.50. The highest BCUT2D eigenvalue weighted by Gasteiger charge is 2.15. The van der Waals surface area contributed by atoms with Crippen molar-refractivity contribution in [2.75, 3.05) is 12.8 Å². The van der Waals surface area contributed by atoms with Gasteiger partial charge in [-0.2, -0.15) is 0 Å². The summed E-state index contributed by atoms with van der Waals surface area (Å²) < 4.78 is 0. The number of hydrogen-bond donors (Lipinski definition) is 2. The number of fused-ring (bicyclic) bond motifs is 1. The fraction of sp³-hybridized carbons (Fsp3) is 0.133. The molecule has 0 saturated carbocycles. The molecular weight excluding hydrogens is 250 g/mol. The van der Waals surface area contributed by atoms with Crippen molar-refractivity contribution >= 4 is 16.9 Å². The summed E-state index contributed by atoms with van der Waals surface area (Å²) in [6, 6.07) is 9.87. The van der Waals surface area contributed by atoms with Crippen molar-refractivity contribution in [3.8, 4) is 0 Å². The number of hydrogen-bond acceptors (Lipinski definition) is 5. The quantitative estimate of drug-likeness (QED) is 0.756. The Hall–Kier alpha value is -2.53. The summed E-state index contributed by atoms with van der Waals surface area (Å²) in [6.07, 6.45) is 5.08. The van der Waals surface area contributed by atoms with Crippen LogP contribution in [0, 0.1) is 0 Å². The first-order valence-corrected chi connectivity index (χ1v) is 6.38. The van der Waals surface area contributed by atoms with Crippen molar-refractivity contribution in [2.24, 2.45) is 0 Å². The number of anilines is 1. The fourth-order valence-corrected chi connectivity index (χ4v) is 2.34. The molecule has 3 aromatic rings. The van der Waals surface area contributed by atoms with Crippen molar-refractivity contribution in [3.63, 3.8) is 0 Å². The summed E-state index contributed by atoms with van der Waals surface area (Å²) >= 11 is 0. The van der Waals surface area contributed by atoms with Gasteiger partial charge in [0, 0.05) is 24.2 Å². The van der Waals surface area contributed by atoms with Gasteiger partial charge in [0.2, 0.25) is 0 Å². The molecule has 5 heteroatoms. The molecule has 0 spiro atoms. The van der Waals surface area contributed by atoms with E-state index in [1.807, 2.05) is 37.4 Å². The zero-order valence-electron chi connectivity index (χ0n) is 11.1. The van der Waals surface area contributed by atoms with Crippen LogP contribution >= 0.6 is 0 Å². The molecule has 1 unspecified atom stereocenters. The molecule has 0 aliphatic heterocycles. The number of nitrogen functional groups attached to an aromatic ring is 1. The van der Waals surface area contributed by atoms with Crippen molar-refractivity contribution in [1.82, 2.24) is 20.3 Å². The van der Waals surface area contributed by atoms with E-state index in [4.69, 9.17) is 5.73 Å². The van der Waals surface area contributed by atoms with Gasteiger partial charge in [-0.05, 0) is 30.8 Å². The van der Waals surface area contributed by atoms with Crippen molar-refractivity contribution < 1.29 is 0 Å². The van der Waals surface area contributed by atoms with E-state index in [0.29, 0.717) is 5.82 Å². The second-order valence-electron chi connectivity index (χ2n) is 4.50. The predicted octanol–water partition coefficient (Wildman–Crippen LogP) is 1.92. The van der Waals surface area contributed by atoms with Gasteiger partial charge in [0.05, 0.1) is 17.1 Å². The summed E-state index contributed by atoms with van der Waals surface area (Å²) in [6.45, 7) is 0. The van der Waals surface area contributed by atoms with Crippen molar-refractivity contribution in [2.45, 2.75) is 6.04 Å². The SMILES string of the molecule is CNC(c1ccc2nccnc2c1)c1cccnc1N. The molecule has 0 radical (unpaired) electrons.